The van der Waals surface area contributed by atoms with Gasteiger partial charge in [-0.15, -0.1) is 0 Å². The van der Waals surface area contributed by atoms with Crippen molar-refractivity contribution >= 4 is 30.0 Å². The fourth-order valence-corrected chi connectivity index (χ4v) is 3.82. The van der Waals surface area contributed by atoms with Crippen molar-refractivity contribution < 1.29 is 36.8 Å². The Morgan fingerprint density at radius 2 is 1.64 bits per heavy atom. The Morgan fingerprint density at radius 1 is 1.11 bits per heavy atom. The third kappa shape index (κ3) is 8.96. The van der Waals surface area contributed by atoms with E-state index < -0.39 is 67.2 Å². The molecule has 1 aliphatic heterocycles. The summed E-state index contributed by atoms with van der Waals surface area (Å²) in [5, 5.41) is 15.9. The van der Waals surface area contributed by atoms with E-state index in [0.29, 0.717) is 6.61 Å². The number of carbonyl (C=O) groups is 2. The highest BCUT2D eigenvalue weighted by molar-refractivity contribution is 7.85. The minimum atomic E-state index is -3.76. The molecule has 0 bridgehead atoms. The molecule has 1 rings (SSSR count). The Bertz CT molecular complexity index is 652. The third-order valence-corrected chi connectivity index (χ3v) is 6.33. The average Bonchev–Trinajstić information content (AvgIpc) is 2.49. The minimum absolute atomic E-state index is 0.355. The Kier molecular flexibility index (Phi) is 9.03. The van der Waals surface area contributed by atoms with Crippen LogP contribution in [-0.2, 0) is 33.4 Å². The highest BCUT2D eigenvalue weighted by Gasteiger charge is 2.47. The summed E-state index contributed by atoms with van der Waals surface area (Å²) >= 11 is 0. The van der Waals surface area contributed by atoms with Crippen LogP contribution in [0.4, 0.5) is 0 Å². The van der Waals surface area contributed by atoms with Crippen LogP contribution in [-0.4, -0.2) is 83.5 Å². The molecule has 164 valence electrons. The molecule has 1 fully saturated rings. The Labute approximate surface area is 167 Å². The van der Waals surface area contributed by atoms with Crippen LogP contribution >= 0.6 is 0 Å². The highest BCUT2D eigenvalue weighted by atomic mass is 32.2. The largest absolute Gasteiger partial charge is 0.389 e. The fourth-order valence-electron chi connectivity index (χ4n) is 2.70. The Hall–Kier alpha value is -1.05. The van der Waals surface area contributed by atoms with Crippen LogP contribution in [0.2, 0.25) is 25.7 Å². The maximum atomic E-state index is 11.6. The molecule has 0 aliphatic carbocycles. The first-order valence-electron chi connectivity index (χ1n) is 9.03. The van der Waals surface area contributed by atoms with E-state index in [1.165, 1.54) is 13.8 Å². The predicted octanol–water partition coefficient (Wildman–Crippen LogP) is -0.587. The van der Waals surface area contributed by atoms with E-state index in [0.717, 1.165) is 12.3 Å². The van der Waals surface area contributed by atoms with Crippen LogP contribution in [0.15, 0.2) is 0 Å². The number of hydrogen-bond donors (Lipinski definition) is 3. The number of ether oxygens (including phenoxy) is 2. The molecule has 5 atom stereocenters. The van der Waals surface area contributed by atoms with Crippen molar-refractivity contribution in [2.45, 2.75) is 70.1 Å². The summed E-state index contributed by atoms with van der Waals surface area (Å²) in [6.45, 7) is 9.01. The first-order chi connectivity index (χ1) is 12.7. The van der Waals surface area contributed by atoms with Crippen molar-refractivity contribution in [2.75, 3.05) is 19.5 Å². The molecule has 1 saturated heterocycles. The van der Waals surface area contributed by atoms with Gasteiger partial charge in [0.05, 0.1) is 18.9 Å². The summed E-state index contributed by atoms with van der Waals surface area (Å²) in [6.07, 6.45) is -2.39. The summed E-state index contributed by atoms with van der Waals surface area (Å²) in [7, 11) is -5.16. The molecular weight excluding hydrogens is 408 g/mol. The van der Waals surface area contributed by atoms with Gasteiger partial charge in [-0.3, -0.25) is 13.8 Å². The second-order valence-electron chi connectivity index (χ2n) is 8.16. The van der Waals surface area contributed by atoms with Crippen LogP contribution in [0.5, 0.6) is 0 Å². The molecule has 0 radical (unpaired) electrons. The highest BCUT2D eigenvalue weighted by Crippen LogP contribution is 2.24. The van der Waals surface area contributed by atoms with E-state index in [1.807, 2.05) is 0 Å². The van der Waals surface area contributed by atoms with Gasteiger partial charge in [0.25, 0.3) is 10.1 Å². The first kappa shape index (κ1) is 25.0. The topological polar surface area (TPSA) is 140 Å². The summed E-state index contributed by atoms with van der Waals surface area (Å²) in [5.41, 5.74) is 0. The number of hydrogen-bond acceptors (Lipinski definition) is 8. The SMILES string of the molecule is CC(=O)N[C@@H]1C(COS(C)(=O)=O)O[C@@H](OCC[Si](C)(C)C)[C@H](NC(C)=O)C1O. The Balaban J connectivity index is 3.03. The lowest BCUT2D eigenvalue weighted by Crippen LogP contribution is -2.68. The van der Waals surface area contributed by atoms with Crippen LogP contribution in [0.25, 0.3) is 0 Å². The number of amides is 2. The molecule has 10 nitrogen and oxygen atoms in total. The molecule has 2 amide bonds. The molecule has 0 saturated carbocycles. The monoisotopic (exact) mass is 440 g/mol. The number of aliphatic hydroxyl groups excluding tert-OH is 1. The minimum Gasteiger partial charge on any atom is -0.389 e. The van der Waals surface area contributed by atoms with Crippen LogP contribution in [0.3, 0.4) is 0 Å². The lowest BCUT2D eigenvalue weighted by Gasteiger charge is -2.44. The zero-order chi connectivity index (χ0) is 21.7. The first-order valence-corrected chi connectivity index (χ1v) is 14.6. The van der Waals surface area contributed by atoms with Gasteiger partial charge in [-0.1, -0.05) is 19.6 Å². The average molecular weight is 441 g/mol. The maximum absolute atomic E-state index is 11.6. The molecular formula is C16H32N2O8SSi. The van der Waals surface area contributed by atoms with Gasteiger partial charge in [0, 0.05) is 28.5 Å². The van der Waals surface area contributed by atoms with Crippen molar-refractivity contribution in [3.8, 4) is 0 Å². The van der Waals surface area contributed by atoms with Crippen molar-refractivity contribution in [3.05, 3.63) is 0 Å². The van der Waals surface area contributed by atoms with Crippen LogP contribution < -0.4 is 10.6 Å². The molecule has 0 aromatic heterocycles. The van der Waals surface area contributed by atoms with Gasteiger partial charge in [0.2, 0.25) is 11.8 Å². The molecule has 3 N–H and O–H groups in total. The lowest BCUT2D eigenvalue weighted by atomic mass is 9.94. The molecule has 12 heteroatoms. The van der Waals surface area contributed by atoms with Gasteiger partial charge in [-0.25, -0.2) is 0 Å². The Morgan fingerprint density at radius 3 is 2.11 bits per heavy atom. The number of carbonyl (C=O) groups excluding carboxylic acids is 2. The number of nitrogens with one attached hydrogen (secondary N) is 2. The molecule has 2 unspecified atom stereocenters. The van der Waals surface area contributed by atoms with Crippen molar-refractivity contribution in [1.82, 2.24) is 10.6 Å². The quantitative estimate of drug-likeness (QED) is 0.319. The van der Waals surface area contributed by atoms with Gasteiger partial charge in [0.1, 0.15) is 18.2 Å². The van der Waals surface area contributed by atoms with Crippen LogP contribution in [0, 0.1) is 0 Å². The summed E-state index contributed by atoms with van der Waals surface area (Å²) in [5.74, 6) is -0.851. The van der Waals surface area contributed by atoms with Crippen molar-refractivity contribution in [2.24, 2.45) is 0 Å². The second-order valence-corrected chi connectivity index (χ2v) is 15.4. The van der Waals surface area contributed by atoms with Gasteiger partial charge >= 0.3 is 0 Å². The van der Waals surface area contributed by atoms with Gasteiger partial charge < -0.3 is 25.2 Å². The predicted molar refractivity (Wildman–Crippen MR) is 105 cm³/mol. The zero-order valence-corrected chi connectivity index (χ0v) is 19.0. The van der Waals surface area contributed by atoms with Crippen molar-refractivity contribution in [1.29, 1.82) is 0 Å². The molecule has 28 heavy (non-hydrogen) atoms. The molecule has 1 aliphatic rings. The van der Waals surface area contributed by atoms with Crippen molar-refractivity contribution in [3.63, 3.8) is 0 Å². The summed E-state index contributed by atoms with van der Waals surface area (Å²) in [6, 6.07) is -1.10. The lowest BCUT2D eigenvalue weighted by molar-refractivity contribution is -0.243. The van der Waals surface area contributed by atoms with E-state index in [9.17, 15) is 23.1 Å². The molecule has 1 heterocycles. The van der Waals surface area contributed by atoms with E-state index in [1.54, 1.807) is 0 Å². The van der Waals surface area contributed by atoms with Crippen LogP contribution in [0.1, 0.15) is 13.8 Å². The molecule has 0 aromatic carbocycles. The smallest absolute Gasteiger partial charge is 0.264 e. The van der Waals surface area contributed by atoms with E-state index in [-0.39, 0.29) is 0 Å². The summed E-state index contributed by atoms with van der Waals surface area (Å²) in [4.78, 5) is 23.1. The van der Waals surface area contributed by atoms with Gasteiger partial charge in [-0.05, 0) is 6.04 Å². The zero-order valence-electron chi connectivity index (χ0n) is 17.2. The second kappa shape index (κ2) is 10.1. The maximum Gasteiger partial charge on any atom is 0.264 e. The standard InChI is InChI=1S/C16H32N2O8SSi/c1-10(19)17-13-12(9-25-27(3,22)23)26-16(24-7-8-28(4,5)6)14(15(13)21)18-11(2)20/h12-16,21H,7-9H2,1-6H3,(H,17,19)(H,18,20)/t12?,13-,14-,15?,16-/m1/s1. The molecule has 0 aromatic rings. The van der Waals surface area contributed by atoms with E-state index in [2.05, 4.69) is 30.3 Å². The number of rotatable bonds is 9. The normalized spacial score (nSPS) is 28.6. The van der Waals surface area contributed by atoms with Gasteiger partial charge in [0.15, 0.2) is 6.29 Å². The number of aliphatic hydroxyl groups is 1. The van der Waals surface area contributed by atoms with Gasteiger partial charge in [-0.2, -0.15) is 8.42 Å². The third-order valence-electron chi connectivity index (χ3n) is 4.06. The van der Waals surface area contributed by atoms with E-state index in [4.69, 9.17) is 13.7 Å². The molecule has 0 spiro atoms. The fraction of sp³-hybridized carbons (Fsp3) is 0.875. The summed E-state index contributed by atoms with van der Waals surface area (Å²) < 4.78 is 39.1. The van der Waals surface area contributed by atoms with E-state index >= 15 is 0 Å².